The molecule has 0 saturated carbocycles. The zero-order valence-corrected chi connectivity index (χ0v) is 12.0. The predicted octanol–water partition coefficient (Wildman–Crippen LogP) is 3.15. The lowest BCUT2D eigenvalue weighted by Gasteiger charge is -2.10. The van der Waals surface area contributed by atoms with Crippen LogP contribution < -0.4 is 4.74 Å². The van der Waals surface area contributed by atoms with E-state index in [0.29, 0.717) is 0 Å². The Hall–Kier alpha value is -2.69. The highest BCUT2D eigenvalue weighted by Gasteiger charge is 2.22. The van der Waals surface area contributed by atoms with Crippen molar-refractivity contribution in [1.29, 1.82) is 0 Å². The van der Waals surface area contributed by atoms with Gasteiger partial charge >= 0.3 is 5.97 Å². The van der Waals surface area contributed by atoms with Gasteiger partial charge in [0.15, 0.2) is 0 Å². The topological polar surface area (TPSA) is 52.6 Å². The molecule has 0 aliphatic carbocycles. The molecule has 0 radical (unpaired) electrons. The fraction of sp³-hybridized carbons (Fsp3) is 0.176. The molecule has 5 heteroatoms. The second-order valence-corrected chi connectivity index (χ2v) is 4.46. The van der Waals surface area contributed by atoms with E-state index in [2.05, 4.69) is 4.74 Å². The lowest BCUT2D eigenvalue weighted by Crippen LogP contribution is -2.18. The molecule has 0 fully saturated rings. The maximum atomic E-state index is 13.4. The molecular weight excluding hydrogens is 287 g/mol. The second kappa shape index (κ2) is 7.36. The minimum Gasteiger partial charge on any atom is -0.488 e. The van der Waals surface area contributed by atoms with Gasteiger partial charge in [-0.3, -0.25) is 4.79 Å². The van der Waals surface area contributed by atoms with E-state index < -0.39 is 17.6 Å². The van der Waals surface area contributed by atoms with Gasteiger partial charge in [-0.25, -0.2) is 9.18 Å². The standard InChI is InChI=1S/C17H15FO4/c1-2-21-17(20)16(19)14-10-13(18)8-9-15(14)22-11-12-6-4-3-5-7-12/h3-10H,2,11H2,1H3. The fourth-order valence-electron chi connectivity index (χ4n) is 1.85. The number of hydrogen-bond donors (Lipinski definition) is 0. The van der Waals surface area contributed by atoms with E-state index in [0.717, 1.165) is 11.6 Å². The van der Waals surface area contributed by atoms with Crippen LogP contribution >= 0.6 is 0 Å². The van der Waals surface area contributed by atoms with Gasteiger partial charge in [-0.2, -0.15) is 0 Å². The maximum Gasteiger partial charge on any atom is 0.379 e. The Morgan fingerprint density at radius 1 is 1.09 bits per heavy atom. The van der Waals surface area contributed by atoms with Crippen molar-refractivity contribution < 1.29 is 23.5 Å². The average Bonchev–Trinajstić information content (AvgIpc) is 2.54. The summed E-state index contributed by atoms with van der Waals surface area (Å²) in [6, 6.07) is 12.8. The van der Waals surface area contributed by atoms with E-state index in [-0.39, 0.29) is 24.5 Å². The lowest BCUT2D eigenvalue weighted by atomic mass is 10.1. The van der Waals surface area contributed by atoms with Gasteiger partial charge < -0.3 is 9.47 Å². The van der Waals surface area contributed by atoms with Crippen molar-refractivity contribution in [3.05, 3.63) is 65.5 Å². The number of rotatable bonds is 6. The van der Waals surface area contributed by atoms with Crippen LogP contribution in [-0.2, 0) is 16.1 Å². The molecule has 0 aliphatic rings. The first-order valence-electron chi connectivity index (χ1n) is 6.79. The van der Waals surface area contributed by atoms with Gasteiger partial charge in [0.2, 0.25) is 0 Å². The van der Waals surface area contributed by atoms with Crippen LogP contribution in [0, 0.1) is 5.82 Å². The average molecular weight is 302 g/mol. The van der Waals surface area contributed by atoms with E-state index in [9.17, 15) is 14.0 Å². The van der Waals surface area contributed by atoms with Gasteiger partial charge in [0, 0.05) is 0 Å². The molecule has 0 unspecified atom stereocenters. The molecule has 2 aromatic carbocycles. The third-order valence-electron chi connectivity index (χ3n) is 2.88. The van der Waals surface area contributed by atoms with Gasteiger partial charge in [0.05, 0.1) is 12.2 Å². The molecule has 2 rings (SSSR count). The first-order valence-corrected chi connectivity index (χ1v) is 6.79. The van der Waals surface area contributed by atoms with Crippen LogP contribution in [-0.4, -0.2) is 18.4 Å². The summed E-state index contributed by atoms with van der Waals surface area (Å²) in [7, 11) is 0. The van der Waals surface area contributed by atoms with Crippen molar-refractivity contribution >= 4 is 11.8 Å². The summed E-state index contributed by atoms with van der Waals surface area (Å²) in [5, 5.41) is 0. The Morgan fingerprint density at radius 2 is 1.82 bits per heavy atom. The number of carbonyl (C=O) groups is 2. The third-order valence-corrected chi connectivity index (χ3v) is 2.88. The molecular formula is C17H15FO4. The molecule has 0 saturated heterocycles. The Balaban J connectivity index is 2.20. The maximum absolute atomic E-state index is 13.4. The van der Waals surface area contributed by atoms with Gasteiger partial charge in [-0.05, 0) is 30.7 Å². The highest BCUT2D eigenvalue weighted by Crippen LogP contribution is 2.22. The number of benzene rings is 2. The molecule has 4 nitrogen and oxygen atoms in total. The SMILES string of the molecule is CCOC(=O)C(=O)c1cc(F)ccc1OCc1ccccc1. The lowest BCUT2D eigenvalue weighted by molar-refractivity contribution is -0.137. The Bertz CT molecular complexity index is 668. The summed E-state index contributed by atoms with van der Waals surface area (Å²) in [4.78, 5) is 23.5. The Kier molecular flexibility index (Phi) is 5.25. The van der Waals surface area contributed by atoms with E-state index in [1.54, 1.807) is 6.92 Å². The number of Topliss-reactive ketones (excluding diaryl/α,β-unsaturated/α-hetero) is 1. The number of ketones is 1. The molecule has 22 heavy (non-hydrogen) atoms. The van der Waals surface area contributed by atoms with Crippen molar-refractivity contribution in [3.8, 4) is 5.75 Å². The van der Waals surface area contributed by atoms with Gasteiger partial charge in [0.1, 0.15) is 18.2 Å². The normalized spacial score (nSPS) is 10.1. The number of ether oxygens (including phenoxy) is 2. The minimum absolute atomic E-state index is 0.0695. The summed E-state index contributed by atoms with van der Waals surface area (Å²) in [6.07, 6.45) is 0. The van der Waals surface area contributed by atoms with Crippen LogP contribution in [0.5, 0.6) is 5.75 Å². The number of esters is 1. The first-order chi connectivity index (χ1) is 10.6. The van der Waals surface area contributed by atoms with E-state index in [4.69, 9.17) is 4.74 Å². The molecule has 0 aliphatic heterocycles. The minimum atomic E-state index is -1.03. The van der Waals surface area contributed by atoms with Gasteiger partial charge in [-0.15, -0.1) is 0 Å². The van der Waals surface area contributed by atoms with E-state index in [1.807, 2.05) is 30.3 Å². The van der Waals surface area contributed by atoms with E-state index >= 15 is 0 Å². The summed E-state index contributed by atoms with van der Waals surface area (Å²) in [5.74, 6) is -2.44. The van der Waals surface area contributed by atoms with E-state index in [1.165, 1.54) is 12.1 Å². The molecule has 0 aromatic heterocycles. The molecule has 0 amide bonds. The van der Waals surface area contributed by atoms with Crippen molar-refractivity contribution in [2.45, 2.75) is 13.5 Å². The Morgan fingerprint density at radius 3 is 2.50 bits per heavy atom. The molecule has 0 heterocycles. The molecule has 0 bridgehead atoms. The fourth-order valence-corrected chi connectivity index (χ4v) is 1.85. The van der Waals surface area contributed by atoms with Crippen molar-refractivity contribution in [2.24, 2.45) is 0 Å². The summed E-state index contributed by atoms with van der Waals surface area (Å²) < 4.78 is 23.5. The van der Waals surface area contributed by atoms with Crippen molar-refractivity contribution in [2.75, 3.05) is 6.61 Å². The Labute approximate surface area is 127 Å². The van der Waals surface area contributed by atoms with Crippen LogP contribution in [0.25, 0.3) is 0 Å². The smallest absolute Gasteiger partial charge is 0.379 e. The first kappa shape index (κ1) is 15.7. The largest absolute Gasteiger partial charge is 0.488 e. The van der Waals surface area contributed by atoms with Crippen molar-refractivity contribution in [1.82, 2.24) is 0 Å². The van der Waals surface area contributed by atoms with Crippen LogP contribution in [0.3, 0.4) is 0 Å². The molecule has 114 valence electrons. The number of hydrogen-bond acceptors (Lipinski definition) is 4. The van der Waals surface area contributed by atoms with Gasteiger partial charge in [-0.1, -0.05) is 30.3 Å². The van der Waals surface area contributed by atoms with Crippen LogP contribution in [0.1, 0.15) is 22.8 Å². The predicted molar refractivity (Wildman–Crippen MR) is 78.1 cm³/mol. The van der Waals surface area contributed by atoms with Crippen molar-refractivity contribution in [3.63, 3.8) is 0 Å². The number of halogens is 1. The zero-order chi connectivity index (χ0) is 15.9. The van der Waals surface area contributed by atoms with Crippen LogP contribution in [0.2, 0.25) is 0 Å². The number of carbonyl (C=O) groups excluding carboxylic acids is 2. The summed E-state index contributed by atoms with van der Waals surface area (Å²) in [6.45, 7) is 1.86. The highest BCUT2D eigenvalue weighted by atomic mass is 19.1. The van der Waals surface area contributed by atoms with Crippen LogP contribution in [0.15, 0.2) is 48.5 Å². The summed E-state index contributed by atoms with van der Waals surface area (Å²) >= 11 is 0. The molecule has 0 atom stereocenters. The van der Waals surface area contributed by atoms with Crippen LogP contribution in [0.4, 0.5) is 4.39 Å². The third kappa shape index (κ3) is 3.91. The molecule has 2 aromatic rings. The zero-order valence-electron chi connectivity index (χ0n) is 12.0. The second-order valence-electron chi connectivity index (χ2n) is 4.46. The van der Waals surface area contributed by atoms with Gasteiger partial charge in [0.25, 0.3) is 5.78 Å². The molecule has 0 spiro atoms. The summed E-state index contributed by atoms with van der Waals surface area (Å²) in [5.41, 5.74) is 0.746. The quantitative estimate of drug-likeness (QED) is 0.467. The highest BCUT2D eigenvalue weighted by molar-refractivity contribution is 6.41. The monoisotopic (exact) mass is 302 g/mol. The molecule has 0 N–H and O–H groups in total.